The Labute approximate surface area is 181 Å². The van der Waals surface area contributed by atoms with Crippen molar-refractivity contribution in [1.29, 1.82) is 0 Å². The lowest BCUT2D eigenvalue weighted by atomic mass is 10.1. The van der Waals surface area contributed by atoms with Crippen LogP contribution < -0.4 is 10.2 Å². The van der Waals surface area contributed by atoms with Crippen LogP contribution in [0.5, 0.6) is 0 Å². The Morgan fingerprint density at radius 1 is 1.00 bits per heavy atom. The Kier molecular flexibility index (Phi) is 7.75. The number of nitrogens with zero attached hydrogens (tertiary/aromatic N) is 3. The fourth-order valence-electron chi connectivity index (χ4n) is 3.48. The third-order valence-corrected chi connectivity index (χ3v) is 5.17. The largest absolute Gasteiger partial charge is 0.368 e. The molecule has 0 aromatic heterocycles. The molecule has 3 rings (SSSR count). The summed E-state index contributed by atoms with van der Waals surface area (Å²) in [5.74, 6) is -0.250. The Morgan fingerprint density at radius 3 is 2.39 bits per heavy atom. The molecule has 1 fully saturated rings. The zero-order valence-electron chi connectivity index (χ0n) is 17.3. The summed E-state index contributed by atoms with van der Waals surface area (Å²) in [6.07, 6.45) is 3.61. The van der Waals surface area contributed by atoms with Crippen LogP contribution in [0.15, 0.2) is 60.7 Å². The number of carbonyl (C=O) groups excluding carboxylic acids is 2. The molecule has 2 aromatic carbocycles. The van der Waals surface area contributed by atoms with Gasteiger partial charge in [0, 0.05) is 57.0 Å². The van der Waals surface area contributed by atoms with Gasteiger partial charge in [-0.3, -0.25) is 19.7 Å². The van der Waals surface area contributed by atoms with E-state index in [-0.39, 0.29) is 17.5 Å². The molecule has 0 unspecified atom stereocenters. The number of hydrogen-bond acceptors (Lipinski definition) is 5. The average Bonchev–Trinajstić information content (AvgIpc) is 2.81. The lowest BCUT2D eigenvalue weighted by molar-refractivity contribution is -0.385. The summed E-state index contributed by atoms with van der Waals surface area (Å²) in [5.41, 5.74) is 1.49. The molecule has 8 nitrogen and oxygen atoms in total. The molecule has 1 heterocycles. The summed E-state index contributed by atoms with van der Waals surface area (Å²) in [4.78, 5) is 39.0. The number of nitro benzene ring substituents is 1. The third-order valence-electron chi connectivity index (χ3n) is 5.17. The van der Waals surface area contributed by atoms with Gasteiger partial charge >= 0.3 is 0 Å². The summed E-state index contributed by atoms with van der Waals surface area (Å²) >= 11 is 0. The van der Waals surface area contributed by atoms with E-state index in [1.807, 2.05) is 23.1 Å². The van der Waals surface area contributed by atoms with E-state index < -0.39 is 4.92 Å². The van der Waals surface area contributed by atoms with Gasteiger partial charge in [0.05, 0.1) is 10.5 Å². The van der Waals surface area contributed by atoms with Gasteiger partial charge in [0.15, 0.2) is 0 Å². The number of benzene rings is 2. The van der Waals surface area contributed by atoms with Crippen molar-refractivity contribution in [3.63, 3.8) is 0 Å². The predicted octanol–water partition coefficient (Wildman–Crippen LogP) is 2.85. The van der Waals surface area contributed by atoms with Crippen LogP contribution in [0.1, 0.15) is 18.4 Å². The minimum atomic E-state index is -0.483. The van der Waals surface area contributed by atoms with Gasteiger partial charge in [-0.15, -0.1) is 0 Å². The van der Waals surface area contributed by atoms with Crippen molar-refractivity contribution in [2.75, 3.05) is 37.6 Å². The van der Waals surface area contributed by atoms with E-state index in [0.717, 1.165) is 13.1 Å². The van der Waals surface area contributed by atoms with Crippen molar-refractivity contribution in [1.82, 2.24) is 10.2 Å². The molecule has 31 heavy (non-hydrogen) atoms. The quantitative estimate of drug-likeness (QED) is 0.305. The Morgan fingerprint density at radius 2 is 1.68 bits per heavy atom. The number of nitro groups is 1. The molecule has 0 atom stereocenters. The minimum Gasteiger partial charge on any atom is -0.368 e. The fourth-order valence-corrected chi connectivity index (χ4v) is 3.48. The molecule has 2 aromatic rings. The highest BCUT2D eigenvalue weighted by atomic mass is 16.6. The summed E-state index contributed by atoms with van der Waals surface area (Å²) < 4.78 is 0. The molecule has 8 heteroatoms. The highest BCUT2D eigenvalue weighted by molar-refractivity contribution is 5.92. The first-order valence-electron chi connectivity index (χ1n) is 10.3. The van der Waals surface area contributed by atoms with Gasteiger partial charge in [0.25, 0.3) is 5.69 Å². The number of hydrogen-bond donors (Lipinski definition) is 1. The maximum Gasteiger partial charge on any atom is 0.276 e. The van der Waals surface area contributed by atoms with Crippen LogP contribution in [0, 0.1) is 10.1 Å². The Balaban J connectivity index is 1.36. The van der Waals surface area contributed by atoms with Gasteiger partial charge in [-0.1, -0.05) is 30.3 Å². The standard InChI is InChI=1S/C23H26N4O4/c28-22(13-12-19-7-4-5-10-21(19)27(30)31)24-14-6-11-23(29)26-17-15-25(16-18-26)20-8-2-1-3-9-20/h1-5,7-10,12-13H,6,11,14-18H2,(H,24,28). The minimum absolute atomic E-state index is 0.0514. The molecular formula is C23H26N4O4. The lowest BCUT2D eigenvalue weighted by Crippen LogP contribution is -2.48. The number of rotatable bonds is 8. The number of para-hydroxylation sites is 2. The van der Waals surface area contributed by atoms with E-state index in [1.54, 1.807) is 18.2 Å². The monoisotopic (exact) mass is 422 g/mol. The smallest absolute Gasteiger partial charge is 0.276 e. The van der Waals surface area contributed by atoms with Gasteiger partial charge in [0.1, 0.15) is 0 Å². The molecule has 0 spiro atoms. The third kappa shape index (κ3) is 6.40. The molecule has 0 saturated carbocycles. The molecule has 1 aliphatic heterocycles. The van der Waals surface area contributed by atoms with E-state index in [2.05, 4.69) is 22.3 Å². The number of amides is 2. The molecular weight excluding hydrogens is 396 g/mol. The van der Waals surface area contributed by atoms with Gasteiger partial charge in [-0.25, -0.2) is 0 Å². The van der Waals surface area contributed by atoms with E-state index in [4.69, 9.17) is 0 Å². The number of anilines is 1. The molecule has 1 aliphatic rings. The van der Waals surface area contributed by atoms with E-state index >= 15 is 0 Å². The van der Waals surface area contributed by atoms with Crippen LogP contribution in [0.4, 0.5) is 11.4 Å². The Bertz CT molecular complexity index is 938. The molecule has 0 aliphatic carbocycles. The fraction of sp³-hybridized carbons (Fsp3) is 0.304. The highest BCUT2D eigenvalue weighted by Crippen LogP contribution is 2.19. The van der Waals surface area contributed by atoms with Crippen molar-refractivity contribution in [2.24, 2.45) is 0 Å². The molecule has 1 N–H and O–H groups in total. The molecule has 162 valence electrons. The first kappa shape index (κ1) is 22.0. The van der Waals surface area contributed by atoms with Crippen LogP contribution in [-0.4, -0.2) is 54.4 Å². The van der Waals surface area contributed by atoms with Gasteiger partial charge < -0.3 is 15.1 Å². The Hall–Kier alpha value is -3.68. The molecule has 1 saturated heterocycles. The van der Waals surface area contributed by atoms with Gasteiger partial charge in [0.2, 0.25) is 11.8 Å². The summed E-state index contributed by atoms with van der Waals surface area (Å²) in [6, 6.07) is 16.4. The lowest BCUT2D eigenvalue weighted by Gasteiger charge is -2.36. The summed E-state index contributed by atoms with van der Waals surface area (Å²) in [5, 5.41) is 13.7. The maximum absolute atomic E-state index is 12.4. The van der Waals surface area contributed by atoms with Crippen LogP contribution in [0.25, 0.3) is 6.08 Å². The average molecular weight is 422 g/mol. The van der Waals surface area contributed by atoms with Crippen molar-refractivity contribution in [2.45, 2.75) is 12.8 Å². The molecule has 0 bridgehead atoms. The first-order valence-corrected chi connectivity index (χ1v) is 10.3. The normalized spacial score (nSPS) is 13.9. The van der Waals surface area contributed by atoms with Crippen LogP contribution in [0.2, 0.25) is 0 Å². The predicted molar refractivity (Wildman–Crippen MR) is 120 cm³/mol. The second-order valence-electron chi connectivity index (χ2n) is 7.25. The van der Waals surface area contributed by atoms with Crippen LogP contribution in [-0.2, 0) is 9.59 Å². The topological polar surface area (TPSA) is 95.8 Å². The van der Waals surface area contributed by atoms with E-state index in [1.165, 1.54) is 23.9 Å². The summed E-state index contributed by atoms with van der Waals surface area (Å²) in [7, 11) is 0. The molecule has 0 radical (unpaired) electrons. The van der Waals surface area contributed by atoms with Crippen molar-refractivity contribution >= 4 is 29.3 Å². The number of nitrogens with one attached hydrogen (secondary N) is 1. The SMILES string of the molecule is O=C(C=Cc1ccccc1[N+](=O)[O-])NCCCC(=O)N1CCN(c2ccccc2)CC1. The second kappa shape index (κ2) is 10.9. The number of piperazine rings is 1. The van der Waals surface area contributed by atoms with E-state index in [9.17, 15) is 19.7 Å². The van der Waals surface area contributed by atoms with Gasteiger partial charge in [-0.2, -0.15) is 0 Å². The first-order chi connectivity index (χ1) is 15.0. The van der Waals surface area contributed by atoms with Crippen molar-refractivity contribution in [3.8, 4) is 0 Å². The van der Waals surface area contributed by atoms with Gasteiger partial charge in [-0.05, 0) is 30.7 Å². The second-order valence-corrected chi connectivity index (χ2v) is 7.25. The number of carbonyl (C=O) groups is 2. The zero-order chi connectivity index (χ0) is 22.1. The van der Waals surface area contributed by atoms with Crippen LogP contribution >= 0.6 is 0 Å². The molecule has 2 amide bonds. The maximum atomic E-state index is 12.4. The highest BCUT2D eigenvalue weighted by Gasteiger charge is 2.20. The van der Waals surface area contributed by atoms with Crippen molar-refractivity contribution in [3.05, 3.63) is 76.4 Å². The zero-order valence-corrected chi connectivity index (χ0v) is 17.3. The van der Waals surface area contributed by atoms with Crippen molar-refractivity contribution < 1.29 is 14.5 Å². The summed E-state index contributed by atoms with van der Waals surface area (Å²) in [6.45, 7) is 3.37. The van der Waals surface area contributed by atoms with E-state index in [0.29, 0.717) is 38.0 Å². The van der Waals surface area contributed by atoms with Crippen LogP contribution in [0.3, 0.4) is 0 Å².